The van der Waals surface area contributed by atoms with Gasteiger partial charge in [0.2, 0.25) is 0 Å². The van der Waals surface area contributed by atoms with Crippen molar-refractivity contribution in [3.8, 4) is 0 Å². The van der Waals surface area contributed by atoms with Crippen LogP contribution in [0.15, 0.2) is 48.5 Å². The average molecular weight is 459 g/mol. The van der Waals surface area contributed by atoms with Crippen molar-refractivity contribution in [1.29, 1.82) is 0 Å². The van der Waals surface area contributed by atoms with Crippen LogP contribution < -0.4 is 5.32 Å². The molecule has 0 fully saturated rings. The molecule has 0 atom stereocenters. The molecular weight excluding hydrogens is 439 g/mol. The summed E-state index contributed by atoms with van der Waals surface area (Å²) >= 11 is 0. The molecule has 0 radical (unpaired) electrons. The van der Waals surface area contributed by atoms with Crippen LogP contribution in [0.1, 0.15) is 28.3 Å². The molecule has 0 saturated heterocycles. The van der Waals surface area contributed by atoms with Crippen LogP contribution in [0.25, 0.3) is 16.7 Å². The highest BCUT2D eigenvalue weighted by atomic mass is 19.4. The molecule has 0 aliphatic rings. The summed E-state index contributed by atoms with van der Waals surface area (Å²) in [6.07, 6.45) is -4.99. The first-order chi connectivity index (χ1) is 15.8. The zero-order valence-electron chi connectivity index (χ0n) is 17.6. The van der Waals surface area contributed by atoms with Gasteiger partial charge in [0.1, 0.15) is 11.5 Å². The molecule has 3 heterocycles. The predicted molar refractivity (Wildman–Crippen MR) is 113 cm³/mol. The zero-order valence-corrected chi connectivity index (χ0v) is 17.6. The summed E-state index contributed by atoms with van der Waals surface area (Å²) in [7, 11) is 0. The van der Waals surface area contributed by atoms with Gasteiger partial charge in [0.25, 0.3) is 5.91 Å². The molecular formula is C22H20F3N5O3. The lowest BCUT2D eigenvalue weighted by Crippen LogP contribution is -2.29. The van der Waals surface area contributed by atoms with Crippen molar-refractivity contribution in [2.45, 2.75) is 26.1 Å². The molecule has 0 aliphatic carbocycles. The van der Waals surface area contributed by atoms with Crippen molar-refractivity contribution >= 4 is 28.6 Å². The Balaban J connectivity index is 1.57. The number of alkyl halides is 3. The van der Waals surface area contributed by atoms with Gasteiger partial charge in [0.15, 0.2) is 5.65 Å². The van der Waals surface area contributed by atoms with Gasteiger partial charge >= 0.3 is 12.1 Å². The lowest BCUT2D eigenvalue weighted by molar-refractivity contribution is -0.199. The highest BCUT2D eigenvalue weighted by Gasteiger charge is 2.40. The second kappa shape index (κ2) is 8.93. The number of benzene rings is 1. The van der Waals surface area contributed by atoms with E-state index >= 15 is 0 Å². The molecule has 8 nitrogen and oxygen atoms in total. The summed E-state index contributed by atoms with van der Waals surface area (Å²) in [5.41, 5.74) is 3.58. The number of carbonyl (C=O) groups excluding carboxylic acids is 2. The molecule has 33 heavy (non-hydrogen) atoms. The second-order valence-electron chi connectivity index (χ2n) is 7.39. The first kappa shape index (κ1) is 22.3. The van der Waals surface area contributed by atoms with Gasteiger partial charge in [-0.05, 0) is 37.1 Å². The number of nitrogens with zero attached hydrogens (tertiary/aromatic N) is 4. The summed E-state index contributed by atoms with van der Waals surface area (Å²) < 4.78 is 44.4. The number of hydrogen-bond acceptors (Lipinski definition) is 5. The van der Waals surface area contributed by atoms with Gasteiger partial charge in [-0.3, -0.25) is 9.20 Å². The Morgan fingerprint density at radius 2 is 1.82 bits per heavy atom. The first-order valence-corrected chi connectivity index (χ1v) is 10.2. The Hall–Kier alpha value is -3.89. The number of rotatable bonds is 7. The van der Waals surface area contributed by atoms with E-state index in [1.54, 1.807) is 6.07 Å². The molecule has 4 rings (SSSR count). The maximum Gasteiger partial charge on any atom is 0.490 e. The summed E-state index contributed by atoms with van der Waals surface area (Å²) in [6.45, 7) is 1.84. The SMILES string of the molecule is Cc1nnc2ccc3c(cc(C(=O)NCCCOC(=O)C(F)(F)F)n3Cc3ccccc3)n12. The van der Waals surface area contributed by atoms with Crippen molar-refractivity contribution in [3.63, 3.8) is 0 Å². The molecule has 1 amide bonds. The van der Waals surface area contributed by atoms with E-state index in [9.17, 15) is 22.8 Å². The smallest absolute Gasteiger partial charge is 0.459 e. The predicted octanol–water partition coefficient (Wildman–Crippen LogP) is 3.27. The van der Waals surface area contributed by atoms with E-state index in [0.29, 0.717) is 23.7 Å². The van der Waals surface area contributed by atoms with Crippen LogP contribution in [0.5, 0.6) is 0 Å². The third kappa shape index (κ3) is 4.66. The molecule has 0 saturated carbocycles. The fourth-order valence-corrected chi connectivity index (χ4v) is 3.58. The molecule has 1 aromatic carbocycles. The van der Waals surface area contributed by atoms with Crippen molar-refractivity contribution < 1.29 is 27.5 Å². The van der Waals surface area contributed by atoms with E-state index in [2.05, 4.69) is 20.3 Å². The van der Waals surface area contributed by atoms with Gasteiger partial charge in [0.05, 0.1) is 17.6 Å². The Bertz CT molecular complexity index is 1310. The third-order valence-electron chi connectivity index (χ3n) is 5.09. The number of aryl methyl sites for hydroxylation is 1. The lowest BCUT2D eigenvalue weighted by atomic mass is 10.2. The lowest BCUT2D eigenvalue weighted by Gasteiger charge is -2.12. The molecule has 0 bridgehead atoms. The van der Waals surface area contributed by atoms with Crippen LogP contribution in [0.4, 0.5) is 13.2 Å². The molecule has 4 aromatic rings. The summed E-state index contributed by atoms with van der Waals surface area (Å²) in [4.78, 5) is 23.7. The Morgan fingerprint density at radius 3 is 2.55 bits per heavy atom. The van der Waals surface area contributed by atoms with Crippen LogP contribution in [-0.4, -0.2) is 50.4 Å². The number of aromatic nitrogens is 4. The van der Waals surface area contributed by atoms with Gasteiger partial charge in [0, 0.05) is 13.1 Å². The van der Waals surface area contributed by atoms with Crippen LogP contribution in [0.3, 0.4) is 0 Å². The maximum absolute atomic E-state index is 13.0. The number of amides is 1. The number of carbonyl (C=O) groups is 2. The number of esters is 1. The first-order valence-electron chi connectivity index (χ1n) is 10.2. The second-order valence-corrected chi connectivity index (χ2v) is 7.39. The minimum atomic E-state index is -5.03. The maximum atomic E-state index is 13.0. The summed E-state index contributed by atoms with van der Waals surface area (Å²) in [6, 6.07) is 15.0. The van der Waals surface area contributed by atoms with Gasteiger partial charge in [-0.15, -0.1) is 10.2 Å². The molecule has 0 spiro atoms. The van der Waals surface area contributed by atoms with Crippen molar-refractivity contribution in [2.75, 3.05) is 13.2 Å². The van der Waals surface area contributed by atoms with Gasteiger partial charge in [-0.25, -0.2) is 4.79 Å². The van der Waals surface area contributed by atoms with Crippen LogP contribution in [-0.2, 0) is 16.1 Å². The van der Waals surface area contributed by atoms with Crippen molar-refractivity contribution in [2.24, 2.45) is 0 Å². The minimum Gasteiger partial charge on any atom is -0.459 e. The quantitative estimate of drug-likeness (QED) is 0.338. The summed E-state index contributed by atoms with van der Waals surface area (Å²) in [5.74, 6) is -1.97. The van der Waals surface area contributed by atoms with Gasteiger partial charge < -0.3 is 14.6 Å². The van der Waals surface area contributed by atoms with E-state index in [4.69, 9.17) is 0 Å². The molecule has 11 heteroatoms. The third-order valence-corrected chi connectivity index (χ3v) is 5.09. The van der Waals surface area contributed by atoms with Crippen molar-refractivity contribution in [1.82, 2.24) is 24.5 Å². The number of nitrogens with one attached hydrogen (secondary N) is 1. The number of pyridine rings is 1. The fourth-order valence-electron chi connectivity index (χ4n) is 3.58. The fraction of sp³-hybridized carbons (Fsp3) is 0.273. The minimum absolute atomic E-state index is 0.0396. The topological polar surface area (TPSA) is 90.5 Å². The molecule has 172 valence electrons. The molecule has 1 N–H and O–H groups in total. The molecule has 0 aliphatic heterocycles. The van der Waals surface area contributed by atoms with Crippen LogP contribution >= 0.6 is 0 Å². The number of hydrogen-bond donors (Lipinski definition) is 1. The van der Waals surface area contributed by atoms with E-state index < -0.39 is 24.7 Å². The van der Waals surface area contributed by atoms with Gasteiger partial charge in [-0.1, -0.05) is 30.3 Å². The number of ether oxygens (including phenoxy) is 1. The molecule has 0 unspecified atom stereocenters. The Labute approximate surface area is 186 Å². The Morgan fingerprint density at radius 1 is 1.06 bits per heavy atom. The Kier molecular flexibility index (Phi) is 6.03. The van der Waals surface area contributed by atoms with Crippen LogP contribution in [0, 0.1) is 6.92 Å². The van der Waals surface area contributed by atoms with E-state index in [1.807, 2.05) is 58.4 Å². The van der Waals surface area contributed by atoms with Crippen molar-refractivity contribution in [3.05, 3.63) is 65.6 Å². The average Bonchev–Trinajstić information content (AvgIpc) is 3.34. The number of fused-ring (bicyclic) bond motifs is 3. The van der Waals surface area contributed by atoms with E-state index in [-0.39, 0.29) is 13.0 Å². The van der Waals surface area contributed by atoms with Gasteiger partial charge in [-0.2, -0.15) is 13.2 Å². The van der Waals surface area contributed by atoms with Crippen LogP contribution in [0.2, 0.25) is 0 Å². The van der Waals surface area contributed by atoms with E-state index in [1.165, 1.54) is 0 Å². The highest BCUT2D eigenvalue weighted by molar-refractivity contribution is 5.98. The molecule has 3 aromatic heterocycles. The largest absolute Gasteiger partial charge is 0.490 e. The monoisotopic (exact) mass is 459 g/mol. The standard InChI is InChI=1S/C22H20F3N5O3/c1-14-27-28-19-9-8-16-17(30(14)19)12-18(29(16)13-15-6-3-2-4-7-15)20(31)26-10-5-11-33-21(32)22(23,24)25/h2-4,6-9,12H,5,10-11,13H2,1H3,(H,26,31). The normalized spacial score (nSPS) is 11.8. The number of halogens is 3. The zero-order chi connectivity index (χ0) is 23.6. The highest BCUT2D eigenvalue weighted by Crippen LogP contribution is 2.24. The summed E-state index contributed by atoms with van der Waals surface area (Å²) in [5, 5.41) is 10.9. The van der Waals surface area contributed by atoms with E-state index in [0.717, 1.165) is 16.6 Å².